The maximum absolute atomic E-state index is 11.0. The summed E-state index contributed by atoms with van der Waals surface area (Å²) >= 11 is 0. The fourth-order valence-corrected chi connectivity index (χ4v) is 1.55. The Morgan fingerprint density at radius 2 is 2.15 bits per heavy atom. The van der Waals surface area contributed by atoms with Crippen LogP contribution in [0.25, 0.3) is 0 Å². The van der Waals surface area contributed by atoms with E-state index in [2.05, 4.69) is 0 Å². The molecule has 1 N–H and O–H groups in total. The van der Waals surface area contributed by atoms with Crippen LogP contribution in [0, 0.1) is 0 Å². The number of hydrogen-bond acceptors (Lipinski definition) is 3. The number of methoxy groups -OCH3 is 1. The molecule has 0 spiro atoms. The number of carboxylic acids is 1. The Bertz CT molecular complexity index is 206. The maximum Gasteiger partial charge on any atom is 0.326 e. The van der Waals surface area contributed by atoms with E-state index in [1.165, 1.54) is 18.9 Å². The van der Waals surface area contributed by atoms with E-state index >= 15 is 0 Å². The van der Waals surface area contributed by atoms with Gasteiger partial charge in [-0.05, 0) is 0 Å². The van der Waals surface area contributed by atoms with Crippen LogP contribution in [-0.2, 0) is 14.3 Å². The molecule has 1 rings (SSSR count). The molecule has 1 fully saturated rings. The van der Waals surface area contributed by atoms with E-state index in [1.54, 1.807) is 0 Å². The first kappa shape index (κ1) is 9.98. The number of hydrogen-bond donors (Lipinski definition) is 1. The summed E-state index contributed by atoms with van der Waals surface area (Å²) in [5, 5.41) is 8.80. The van der Waals surface area contributed by atoms with Gasteiger partial charge in [0.2, 0.25) is 5.91 Å². The maximum atomic E-state index is 11.0. The minimum Gasteiger partial charge on any atom is -0.480 e. The minimum atomic E-state index is -0.963. The van der Waals surface area contributed by atoms with Crippen molar-refractivity contribution < 1.29 is 19.4 Å². The van der Waals surface area contributed by atoms with Crippen LogP contribution in [-0.4, -0.2) is 47.7 Å². The van der Waals surface area contributed by atoms with E-state index in [9.17, 15) is 9.59 Å². The van der Waals surface area contributed by atoms with E-state index in [0.29, 0.717) is 13.0 Å². The Kier molecular flexibility index (Phi) is 2.87. The summed E-state index contributed by atoms with van der Waals surface area (Å²) in [6, 6.07) is -0.720. The third-order valence-electron chi connectivity index (χ3n) is 2.29. The molecule has 13 heavy (non-hydrogen) atoms. The van der Waals surface area contributed by atoms with Crippen molar-refractivity contribution >= 4 is 11.9 Å². The second-order valence-electron chi connectivity index (χ2n) is 3.12. The summed E-state index contributed by atoms with van der Waals surface area (Å²) in [4.78, 5) is 23.1. The molecule has 1 aliphatic rings. The predicted octanol–water partition coefficient (Wildman–Crippen LogP) is -0.293. The number of carbonyl (C=O) groups excluding carboxylic acids is 1. The zero-order valence-electron chi connectivity index (χ0n) is 7.69. The smallest absolute Gasteiger partial charge is 0.326 e. The molecule has 0 saturated carbocycles. The van der Waals surface area contributed by atoms with E-state index in [0.717, 1.165) is 0 Å². The number of amides is 1. The quantitative estimate of drug-likeness (QED) is 0.645. The lowest BCUT2D eigenvalue weighted by molar-refractivity contribution is -0.147. The van der Waals surface area contributed by atoms with Crippen molar-refractivity contribution in [3.05, 3.63) is 0 Å². The molecule has 0 aromatic rings. The number of likely N-dealkylation sites (tertiary alicyclic amines) is 1. The minimum absolute atomic E-state index is 0.148. The van der Waals surface area contributed by atoms with Gasteiger partial charge in [0.15, 0.2) is 0 Å². The summed E-state index contributed by atoms with van der Waals surface area (Å²) in [6.07, 6.45) is 0.232. The molecule has 1 saturated heterocycles. The van der Waals surface area contributed by atoms with E-state index in [1.807, 2.05) is 0 Å². The number of aliphatic carboxylic acids is 1. The first-order chi connectivity index (χ1) is 6.06. The van der Waals surface area contributed by atoms with Crippen LogP contribution in [0.1, 0.15) is 13.3 Å². The second kappa shape index (κ2) is 3.74. The molecule has 0 aromatic heterocycles. The molecule has 0 aromatic carbocycles. The predicted molar refractivity (Wildman–Crippen MR) is 44.2 cm³/mol. The summed E-state index contributed by atoms with van der Waals surface area (Å²) in [5.74, 6) is -1.18. The molecule has 0 aliphatic carbocycles. The van der Waals surface area contributed by atoms with Crippen LogP contribution in [0.5, 0.6) is 0 Å². The van der Waals surface area contributed by atoms with Gasteiger partial charge in [-0.3, -0.25) is 4.79 Å². The fourth-order valence-electron chi connectivity index (χ4n) is 1.55. The van der Waals surface area contributed by atoms with Crippen LogP contribution < -0.4 is 0 Å². The topological polar surface area (TPSA) is 66.8 Å². The standard InChI is InChI=1S/C8H13NO4/c1-5(10)9-4-6(13-2)3-7(9)8(11)12/h6-7H,3-4H2,1-2H3,(H,11,12)/t6-,7-/m0/s1. The highest BCUT2D eigenvalue weighted by Gasteiger charge is 2.38. The second-order valence-corrected chi connectivity index (χ2v) is 3.12. The monoisotopic (exact) mass is 187 g/mol. The van der Waals surface area contributed by atoms with Crippen molar-refractivity contribution in [2.24, 2.45) is 0 Å². The number of rotatable bonds is 2. The Morgan fingerprint density at radius 3 is 2.46 bits per heavy atom. The molecule has 74 valence electrons. The van der Waals surface area contributed by atoms with Gasteiger partial charge in [-0.2, -0.15) is 0 Å². The van der Waals surface area contributed by atoms with E-state index in [-0.39, 0.29) is 12.0 Å². The summed E-state index contributed by atoms with van der Waals surface area (Å²) in [7, 11) is 1.52. The largest absolute Gasteiger partial charge is 0.480 e. The summed E-state index contributed by atoms with van der Waals surface area (Å²) in [5.41, 5.74) is 0. The molecule has 1 aliphatic heterocycles. The first-order valence-corrected chi connectivity index (χ1v) is 4.09. The average molecular weight is 187 g/mol. The highest BCUT2D eigenvalue weighted by atomic mass is 16.5. The Hall–Kier alpha value is -1.10. The van der Waals surface area contributed by atoms with E-state index in [4.69, 9.17) is 9.84 Å². The first-order valence-electron chi connectivity index (χ1n) is 4.09. The lowest BCUT2D eigenvalue weighted by atomic mass is 10.2. The molecular formula is C8H13NO4. The van der Waals surface area contributed by atoms with Gasteiger partial charge >= 0.3 is 5.97 Å². The van der Waals surface area contributed by atoms with Gasteiger partial charge in [-0.15, -0.1) is 0 Å². The lowest BCUT2D eigenvalue weighted by Gasteiger charge is -2.18. The van der Waals surface area contributed by atoms with Gasteiger partial charge in [-0.1, -0.05) is 0 Å². The third kappa shape index (κ3) is 1.98. The van der Waals surface area contributed by atoms with Crippen LogP contribution in [0.4, 0.5) is 0 Å². The van der Waals surface area contributed by atoms with Gasteiger partial charge in [-0.25, -0.2) is 4.79 Å². The summed E-state index contributed by atoms with van der Waals surface area (Å²) in [6.45, 7) is 1.75. The number of carboxylic acid groups (broad SMARTS) is 1. The van der Waals surface area contributed by atoms with Crippen LogP contribution in [0.15, 0.2) is 0 Å². The Morgan fingerprint density at radius 1 is 1.54 bits per heavy atom. The fraction of sp³-hybridized carbons (Fsp3) is 0.750. The van der Waals surface area contributed by atoms with E-state index < -0.39 is 12.0 Å². The molecule has 1 heterocycles. The van der Waals surface area contributed by atoms with Gasteiger partial charge in [0, 0.05) is 27.0 Å². The zero-order valence-corrected chi connectivity index (χ0v) is 7.69. The SMILES string of the molecule is CO[C@H]1C[C@@H](C(=O)O)N(C(C)=O)C1. The Balaban J connectivity index is 2.71. The van der Waals surface area contributed by atoms with Crippen molar-refractivity contribution in [3.63, 3.8) is 0 Å². The van der Waals surface area contributed by atoms with Crippen molar-refractivity contribution in [3.8, 4) is 0 Å². The van der Waals surface area contributed by atoms with Crippen molar-refractivity contribution in [1.29, 1.82) is 0 Å². The lowest BCUT2D eigenvalue weighted by Crippen LogP contribution is -2.39. The highest BCUT2D eigenvalue weighted by Crippen LogP contribution is 2.19. The number of nitrogens with zero attached hydrogens (tertiary/aromatic N) is 1. The van der Waals surface area contributed by atoms with Crippen molar-refractivity contribution in [2.75, 3.05) is 13.7 Å². The molecule has 5 nitrogen and oxygen atoms in total. The third-order valence-corrected chi connectivity index (χ3v) is 2.29. The summed E-state index contributed by atoms with van der Waals surface area (Å²) < 4.78 is 5.01. The average Bonchev–Trinajstić information content (AvgIpc) is 2.47. The van der Waals surface area contributed by atoms with Crippen LogP contribution in [0.2, 0.25) is 0 Å². The Labute approximate surface area is 76.3 Å². The van der Waals surface area contributed by atoms with Crippen LogP contribution >= 0.6 is 0 Å². The van der Waals surface area contributed by atoms with Gasteiger partial charge < -0.3 is 14.7 Å². The van der Waals surface area contributed by atoms with Crippen molar-refractivity contribution in [1.82, 2.24) is 4.90 Å². The van der Waals surface area contributed by atoms with Gasteiger partial charge in [0.1, 0.15) is 6.04 Å². The number of carbonyl (C=O) groups is 2. The molecule has 1 amide bonds. The number of ether oxygens (including phenoxy) is 1. The van der Waals surface area contributed by atoms with Gasteiger partial charge in [0.05, 0.1) is 6.10 Å². The molecular weight excluding hydrogens is 174 g/mol. The molecule has 0 unspecified atom stereocenters. The van der Waals surface area contributed by atoms with Crippen LogP contribution in [0.3, 0.4) is 0 Å². The normalized spacial score (nSPS) is 27.7. The highest BCUT2D eigenvalue weighted by molar-refractivity contribution is 5.83. The zero-order chi connectivity index (χ0) is 10.0. The molecule has 0 bridgehead atoms. The molecule has 0 radical (unpaired) electrons. The molecule has 2 atom stereocenters. The van der Waals surface area contributed by atoms with Crippen molar-refractivity contribution in [2.45, 2.75) is 25.5 Å². The molecule has 5 heteroatoms. The van der Waals surface area contributed by atoms with Gasteiger partial charge in [0.25, 0.3) is 0 Å².